The lowest BCUT2D eigenvalue weighted by molar-refractivity contribution is -0.129. The Bertz CT molecular complexity index is 975. The van der Waals surface area contributed by atoms with Gasteiger partial charge in [0.05, 0.1) is 6.61 Å². The molecule has 1 aromatic carbocycles. The van der Waals surface area contributed by atoms with Crippen molar-refractivity contribution in [3.05, 3.63) is 83.9 Å². The monoisotopic (exact) mass is 405 g/mol. The number of benzene rings is 1. The molecule has 0 bridgehead atoms. The van der Waals surface area contributed by atoms with Gasteiger partial charge in [0.15, 0.2) is 0 Å². The van der Waals surface area contributed by atoms with E-state index in [1.165, 1.54) is 0 Å². The van der Waals surface area contributed by atoms with Gasteiger partial charge in [-0.05, 0) is 28.8 Å². The van der Waals surface area contributed by atoms with Crippen LogP contribution in [0.5, 0.6) is 0 Å². The van der Waals surface area contributed by atoms with Crippen molar-refractivity contribution in [2.24, 2.45) is 5.73 Å². The number of primary amides is 1. The molecule has 3 rings (SSSR count). The SMILES string of the molecule is NC(=O)C(Cc1ccccc1)NC(=O)C(CO)NC(=O)c1cc2cccccc-2c1. The van der Waals surface area contributed by atoms with E-state index in [1.807, 2.05) is 60.7 Å². The number of aliphatic hydroxyl groups excluding tert-OH is 1. The fourth-order valence-electron chi connectivity index (χ4n) is 3.13. The van der Waals surface area contributed by atoms with Gasteiger partial charge in [0.2, 0.25) is 11.8 Å². The van der Waals surface area contributed by atoms with Crippen LogP contribution in [0.3, 0.4) is 0 Å². The fraction of sp³-hybridized carbons (Fsp3) is 0.174. The second-order valence-corrected chi connectivity index (χ2v) is 6.93. The standard InChI is InChI=1S/C23H23N3O4/c24-21(28)19(11-15-7-3-1-4-8-15)25-23(30)20(14-27)26-22(29)18-12-16-9-5-2-6-10-17(16)13-18/h1-10,12-13,19-20,27H,11,14H2,(H2,24,28)(H,25,30)(H,26,29). The van der Waals surface area contributed by atoms with Gasteiger partial charge in [-0.15, -0.1) is 0 Å². The first-order valence-corrected chi connectivity index (χ1v) is 9.52. The number of nitrogens with two attached hydrogens (primary N) is 1. The summed E-state index contributed by atoms with van der Waals surface area (Å²) < 4.78 is 0. The van der Waals surface area contributed by atoms with Crippen molar-refractivity contribution in [3.8, 4) is 11.1 Å². The second kappa shape index (κ2) is 9.67. The van der Waals surface area contributed by atoms with Gasteiger partial charge in [0.25, 0.3) is 5.91 Å². The molecule has 7 heteroatoms. The van der Waals surface area contributed by atoms with Crippen LogP contribution in [0, 0.1) is 0 Å². The lowest BCUT2D eigenvalue weighted by Crippen LogP contribution is -2.54. The van der Waals surface area contributed by atoms with E-state index in [0.29, 0.717) is 5.56 Å². The van der Waals surface area contributed by atoms with Gasteiger partial charge in [0, 0.05) is 12.0 Å². The van der Waals surface area contributed by atoms with Crippen molar-refractivity contribution in [1.29, 1.82) is 0 Å². The summed E-state index contributed by atoms with van der Waals surface area (Å²) in [4.78, 5) is 36.9. The summed E-state index contributed by atoms with van der Waals surface area (Å²) in [5.41, 5.74) is 8.37. The molecule has 0 aliphatic heterocycles. The molecule has 5 N–H and O–H groups in total. The smallest absolute Gasteiger partial charge is 0.252 e. The molecule has 0 spiro atoms. The Morgan fingerprint density at radius 1 is 0.833 bits per heavy atom. The zero-order valence-electron chi connectivity index (χ0n) is 16.2. The highest BCUT2D eigenvalue weighted by Crippen LogP contribution is 2.24. The molecule has 0 aromatic heterocycles. The largest absolute Gasteiger partial charge is 0.394 e. The molecule has 0 fully saturated rings. The van der Waals surface area contributed by atoms with Gasteiger partial charge >= 0.3 is 0 Å². The van der Waals surface area contributed by atoms with Crippen molar-refractivity contribution >= 4 is 17.7 Å². The summed E-state index contributed by atoms with van der Waals surface area (Å²) in [5.74, 6) is -1.89. The van der Waals surface area contributed by atoms with Crippen LogP contribution in [0.25, 0.3) is 11.1 Å². The van der Waals surface area contributed by atoms with Gasteiger partial charge in [-0.1, -0.05) is 60.7 Å². The number of rotatable bonds is 8. The Balaban J connectivity index is 1.68. The Kier molecular flexibility index (Phi) is 6.77. The van der Waals surface area contributed by atoms with Crippen LogP contribution < -0.4 is 16.4 Å². The van der Waals surface area contributed by atoms with Crippen molar-refractivity contribution in [2.45, 2.75) is 18.5 Å². The van der Waals surface area contributed by atoms with Crippen LogP contribution in [0.4, 0.5) is 0 Å². The maximum Gasteiger partial charge on any atom is 0.252 e. The first kappa shape index (κ1) is 21.0. The average Bonchev–Trinajstić information content (AvgIpc) is 3.02. The van der Waals surface area contributed by atoms with E-state index < -0.39 is 36.4 Å². The topological polar surface area (TPSA) is 122 Å². The van der Waals surface area contributed by atoms with E-state index in [0.717, 1.165) is 16.7 Å². The minimum Gasteiger partial charge on any atom is -0.394 e. The summed E-state index contributed by atoms with van der Waals surface area (Å²) >= 11 is 0. The molecule has 0 heterocycles. The van der Waals surface area contributed by atoms with Crippen LogP contribution in [0.1, 0.15) is 15.9 Å². The highest BCUT2D eigenvalue weighted by Gasteiger charge is 2.26. The van der Waals surface area contributed by atoms with Crippen LogP contribution in [0.2, 0.25) is 0 Å². The molecule has 30 heavy (non-hydrogen) atoms. The third-order valence-electron chi connectivity index (χ3n) is 4.74. The predicted molar refractivity (Wildman–Crippen MR) is 113 cm³/mol. The summed E-state index contributed by atoms with van der Waals surface area (Å²) in [6.07, 6.45) is 0.208. The molecule has 0 radical (unpaired) electrons. The van der Waals surface area contributed by atoms with E-state index in [9.17, 15) is 19.5 Å². The number of carbonyl (C=O) groups is 3. The molecular formula is C23H23N3O4. The molecule has 2 atom stereocenters. The van der Waals surface area contributed by atoms with Gasteiger partial charge in [-0.25, -0.2) is 0 Å². The Morgan fingerprint density at radius 3 is 1.93 bits per heavy atom. The summed E-state index contributed by atoms with van der Waals surface area (Å²) in [6, 6.07) is 19.7. The summed E-state index contributed by atoms with van der Waals surface area (Å²) in [5, 5.41) is 14.6. The quantitative estimate of drug-likeness (QED) is 0.448. The number of nitrogens with one attached hydrogen (secondary N) is 2. The molecular weight excluding hydrogens is 382 g/mol. The number of hydrogen-bond donors (Lipinski definition) is 4. The maximum atomic E-state index is 12.6. The van der Waals surface area contributed by atoms with Gasteiger partial charge in [-0.3, -0.25) is 14.4 Å². The highest BCUT2D eigenvalue weighted by atomic mass is 16.3. The van der Waals surface area contributed by atoms with E-state index in [1.54, 1.807) is 12.1 Å². The average molecular weight is 405 g/mol. The van der Waals surface area contributed by atoms with Crippen molar-refractivity contribution in [3.63, 3.8) is 0 Å². The molecule has 0 saturated carbocycles. The highest BCUT2D eigenvalue weighted by molar-refractivity contribution is 6.00. The molecule has 0 saturated heterocycles. The summed E-state index contributed by atoms with van der Waals surface area (Å²) in [7, 11) is 0. The van der Waals surface area contributed by atoms with E-state index in [-0.39, 0.29) is 6.42 Å². The predicted octanol–water partition coefficient (Wildman–Crippen LogP) is 1.09. The number of amides is 3. The van der Waals surface area contributed by atoms with Crippen LogP contribution in [-0.4, -0.2) is 41.5 Å². The van der Waals surface area contributed by atoms with E-state index in [2.05, 4.69) is 10.6 Å². The number of carbonyl (C=O) groups excluding carboxylic acids is 3. The Hall–Kier alpha value is -3.71. The second-order valence-electron chi connectivity index (χ2n) is 6.93. The fourth-order valence-corrected chi connectivity index (χ4v) is 3.13. The molecule has 7 nitrogen and oxygen atoms in total. The van der Waals surface area contributed by atoms with Gasteiger partial charge in [0.1, 0.15) is 12.1 Å². The zero-order valence-corrected chi connectivity index (χ0v) is 16.2. The van der Waals surface area contributed by atoms with Crippen LogP contribution >= 0.6 is 0 Å². The lowest BCUT2D eigenvalue weighted by atomic mass is 10.1. The zero-order chi connectivity index (χ0) is 21.5. The van der Waals surface area contributed by atoms with E-state index in [4.69, 9.17) is 5.73 Å². The van der Waals surface area contributed by atoms with Gasteiger partial charge < -0.3 is 21.5 Å². The third-order valence-corrected chi connectivity index (χ3v) is 4.74. The summed E-state index contributed by atoms with van der Waals surface area (Å²) in [6.45, 7) is -0.621. The minimum absolute atomic E-state index is 0.208. The number of fused-ring (bicyclic) bond motifs is 1. The molecule has 2 unspecified atom stereocenters. The molecule has 2 aliphatic rings. The van der Waals surface area contributed by atoms with Crippen LogP contribution in [-0.2, 0) is 16.0 Å². The van der Waals surface area contributed by atoms with Gasteiger partial charge in [-0.2, -0.15) is 0 Å². The maximum absolute atomic E-state index is 12.6. The molecule has 2 aliphatic carbocycles. The number of hydrogen-bond acceptors (Lipinski definition) is 4. The molecule has 1 aromatic rings. The third kappa shape index (κ3) is 5.21. The normalized spacial score (nSPS) is 12.7. The number of aliphatic hydroxyl groups is 1. The molecule has 154 valence electrons. The molecule has 3 amide bonds. The van der Waals surface area contributed by atoms with Crippen LogP contribution in [0.15, 0.2) is 72.8 Å². The first-order chi connectivity index (χ1) is 14.5. The Morgan fingerprint density at radius 2 is 1.40 bits per heavy atom. The van der Waals surface area contributed by atoms with E-state index >= 15 is 0 Å². The first-order valence-electron chi connectivity index (χ1n) is 9.52. The Labute approximate surface area is 174 Å². The minimum atomic E-state index is -1.22. The lowest BCUT2D eigenvalue weighted by Gasteiger charge is -2.20. The van der Waals surface area contributed by atoms with Crippen molar-refractivity contribution in [1.82, 2.24) is 10.6 Å². The van der Waals surface area contributed by atoms with Crippen molar-refractivity contribution < 1.29 is 19.5 Å². The van der Waals surface area contributed by atoms with Crippen molar-refractivity contribution in [2.75, 3.05) is 6.61 Å².